The summed E-state index contributed by atoms with van der Waals surface area (Å²) in [5.41, 5.74) is 6.25. The number of aliphatic hydroxyl groups excluding tert-OH is 1. The van der Waals surface area contributed by atoms with Crippen molar-refractivity contribution in [3.05, 3.63) is 58.1 Å². The molecule has 2 N–H and O–H groups in total. The Balaban J connectivity index is 2.28. The summed E-state index contributed by atoms with van der Waals surface area (Å²) in [5.74, 6) is 0.870. The molecule has 0 amide bonds. The lowest BCUT2D eigenvalue weighted by molar-refractivity contribution is 0.269. The van der Waals surface area contributed by atoms with Gasteiger partial charge in [0.05, 0.1) is 11.6 Å². The van der Waals surface area contributed by atoms with E-state index in [0.29, 0.717) is 6.61 Å². The second-order valence-electron chi connectivity index (χ2n) is 5.99. The SMILES string of the molecule is CCC(=S)Nc1cccc(CO)c1COc1cc(C)c(C)cc1C. The molecule has 0 aromatic heterocycles. The molecule has 2 rings (SSSR count). The topological polar surface area (TPSA) is 41.5 Å². The Kier molecular flexibility index (Phi) is 6.35. The van der Waals surface area contributed by atoms with E-state index in [4.69, 9.17) is 17.0 Å². The third-order valence-electron chi connectivity index (χ3n) is 4.20. The van der Waals surface area contributed by atoms with Gasteiger partial charge in [0.2, 0.25) is 0 Å². The maximum atomic E-state index is 9.65. The zero-order chi connectivity index (χ0) is 17.7. The summed E-state index contributed by atoms with van der Waals surface area (Å²) in [6, 6.07) is 9.99. The molecule has 3 nitrogen and oxygen atoms in total. The molecule has 24 heavy (non-hydrogen) atoms. The van der Waals surface area contributed by atoms with Crippen LogP contribution < -0.4 is 10.1 Å². The number of ether oxygens (including phenoxy) is 1. The molecule has 0 bridgehead atoms. The molecular formula is C20H25NO2S. The van der Waals surface area contributed by atoms with Crippen LogP contribution >= 0.6 is 12.2 Å². The molecule has 0 saturated heterocycles. The Morgan fingerprint density at radius 1 is 1.12 bits per heavy atom. The number of hydrogen-bond acceptors (Lipinski definition) is 3. The van der Waals surface area contributed by atoms with Crippen LogP contribution in [0.5, 0.6) is 5.75 Å². The van der Waals surface area contributed by atoms with Crippen LogP contribution in [0.1, 0.15) is 41.2 Å². The van der Waals surface area contributed by atoms with Crippen molar-refractivity contribution in [2.24, 2.45) is 0 Å². The van der Waals surface area contributed by atoms with Gasteiger partial charge in [-0.15, -0.1) is 0 Å². The third-order valence-corrected chi connectivity index (χ3v) is 4.59. The largest absolute Gasteiger partial charge is 0.489 e. The molecule has 0 saturated carbocycles. The predicted molar refractivity (Wildman–Crippen MR) is 104 cm³/mol. The van der Waals surface area contributed by atoms with E-state index in [2.05, 4.69) is 31.3 Å². The van der Waals surface area contributed by atoms with Crippen LogP contribution in [0.4, 0.5) is 5.69 Å². The maximum absolute atomic E-state index is 9.65. The normalized spacial score (nSPS) is 10.5. The fourth-order valence-corrected chi connectivity index (χ4v) is 2.66. The van der Waals surface area contributed by atoms with E-state index in [-0.39, 0.29) is 6.61 Å². The van der Waals surface area contributed by atoms with E-state index < -0.39 is 0 Å². The van der Waals surface area contributed by atoms with Gasteiger partial charge in [-0.25, -0.2) is 0 Å². The van der Waals surface area contributed by atoms with Gasteiger partial charge in [0.15, 0.2) is 0 Å². The van der Waals surface area contributed by atoms with E-state index in [1.165, 1.54) is 11.1 Å². The first-order valence-electron chi connectivity index (χ1n) is 8.18. The molecule has 2 aromatic carbocycles. The molecule has 0 heterocycles. The van der Waals surface area contributed by atoms with Gasteiger partial charge in [-0.05, 0) is 61.6 Å². The van der Waals surface area contributed by atoms with Crippen molar-refractivity contribution < 1.29 is 9.84 Å². The molecular weight excluding hydrogens is 318 g/mol. The van der Waals surface area contributed by atoms with E-state index in [1.807, 2.05) is 32.0 Å². The number of hydrogen-bond donors (Lipinski definition) is 2. The highest BCUT2D eigenvalue weighted by atomic mass is 32.1. The number of benzene rings is 2. The van der Waals surface area contributed by atoms with Gasteiger partial charge >= 0.3 is 0 Å². The Labute approximate surface area is 149 Å². The summed E-state index contributed by atoms with van der Waals surface area (Å²) in [7, 11) is 0. The van der Waals surface area contributed by atoms with E-state index >= 15 is 0 Å². The number of thiocarbonyl (C=S) groups is 1. The summed E-state index contributed by atoms with van der Waals surface area (Å²) in [6.07, 6.45) is 0.773. The molecule has 0 atom stereocenters. The van der Waals surface area contributed by atoms with E-state index in [1.54, 1.807) is 0 Å². The van der Waals surface area contributed by atoms with E-state index in [0.717, 1.165) is 39.5 Å². The summed E-state index contributed by atoms with van der Waals surface area (Å²) in [4.78, 5) is 0.772. The van der Waals surface area contributed by atoms with Gasteiger partial charge in [-0.1, -0.05) is 37.3 Å². The Morgan fingerprint density at radius 3 is 2.50 bits per heavy atom. The van der Waals surface area contributed by atoms with Gasteiger partial charge in [-0.2, -0.15) is 0 Å². The van der Waals surface area contributed by atoms with Crippen molar-refractivity contribution in [1.82, 2.24) is 0 Å². The average Bonchev–Trinajstić information content (AvgIpc) is 2.57. The zero-order valence-electron chi connectivity index (χ0n) is 14.8. The van der Waals surface area contributed by atoms with Crippen molar-refractivity contribution in [3.63, 3.8) is 0 Å². The predicted octanol–water partition coefficient (Wildman–Crippen LogP) is 4.83. The lowest BCUT2D eigenvalue weighted by Crippen LogP contribution is -2.12. The number of anilines is 1. The van der Waals surface area contributed by atoms with Crippen LogP contribution in [0.2, 0.25) is 0 Å². The van der Waals surface area contributed by atoms with Crippen molar-refractivity contribution in [2.75, 3.05) is 5.32 Å². The number of nitrogens with one attached hydrogen (secondary N) is 1. The quantitative estimate of drug-likeness (QED) is 0.737. The fraction of sp³-hybridized carbons (Fsp3) is 0.350. The van der Waals surface area contributed by atoms with Gasteiger partial charge in [0.25, 0.3) is 0 Å². The van der Waals surface area contributed by atoms with Gasteiger partial charge in [-0.3, -0.25) is 0 Å². The minimum Gasteiger partial charge on any atom is -0.489 e. The Morgan fingerprint density at radius 2 is 1.83 bits per heavy atom. The lowest BCUT2D eigenvalue weighted by atomic mass is 10.0. The van der Waals surface area contributed by atoms with Crippen molar-refractivity contribution in [3.8, 4) is 5.75 Å². The minimum absolute atomic E-state index is 0.0288. The number of rotatable bonds is 6. The second kappa shape index (κ2) is 8.27. The van der Waals surface area contributed by atoms with Crippen LogP contribution in [0.15, 0.2) is 30.3 Å². The van der Waals surface area contributed by atoms with Gasteiger partial charge in [0, 0.05) is 11.3 Å². The minimum atomic E-state index is -0.0288. The lowest BCUT2D eigenvalue weighted by Gasteiger charge is -2.17. The monoisotopic (exact) mass is 343 g/mol. The maximum Gasteiger partial charge on any atom is 0.123 e. The smallest absolute Gasteiger partial charge is 0.123 e. The molecule has 0 spiro atoms. The summed E-state index contributed by atoms with van der Waals surface area (Å²) < 4.78 is 6.06. The highest BCUT2D eigenvalue weighted by Gasteiger charge is 2.11. The first kappa shape index (κ1) is 18.4. The first-order valence-corrected chi connectivity index (χ1v) is 8.59. The highest BCUT2D eigenvalue weighted by Crippen LogP contribution is 2.26. The zero-order valence-corrected chi connectivity index (χ0v) is 15.6. The molecule has 2 aromatic rings. The van der Waals surface area contributed by atoms with Crippen molar-refractivity contribution in [2.45, 2.75) is 47.3 Å². The first-order chi connectivity index (χ1) is 11.5. The molecule has 0 radical (unpaired) electrons. The van der Waals surface area contributed by atoms with Crippen LogP contribution in [0.3, 0.4) is 0 Å². The fourth-order valence-electron chi connectivity index (χ4n) is 2.55. The van der Waals surface area contributed by atoms with Crippen LogP contribution in [-0.4, -0.2) is 10.1 Å². The summed E-state index contributed by atoms with van der Waals surface area (Å²) >= 11 is 5.29. The molecule has 128 valence electrons. The third kappa shape index (κ3) is 4.34. The Hall–Kier alpha value is -1.91. The molecule has 0 fully saturated rings. The Bertz CT molecular complexity index is 741. The second-order valence-corrected chi connectivity index (χ2v) is 6.49. The molecule has 0 aliphatic rings. The van der Waals surface area contributed by atoms with E-state index in [9.17, 15) is 5.11 Å². The molecule has 0 unspecified atom stereocenters. The standard InChI is InChI=1S/C20H25NO2S/c1-5-20(24)21-18-8-6-7-16(11-22)17(18)12-23-19-10-14(3)13(2)9-15(19)4/h6-10,22H,5,11-12H2,1-4H3,(H,21,24). The van der Waals surface area contributed by atoms with Crippen LogP contribution in [0, 0.1) is 20.8 Å². The van der Waals surface area contributed by atoms with Crippen LogP contribution in [0.25, 0.3) is 0 Å². The molecule has 0 aliphatic heterocycles. The average molecular weight is 343 g/mol. The number of aryl methyl sites for hydroxylation is 3. The van der Waals surface area contributed by atoms with Crippen molar-refractivity contribution in [1.29, 1.82) is 0 Å². The summed E-state index contributed by atoms with van der Waals surface area (Å²) in [6.45, 7) is 8.59. The van der Waals surface area contributed by atoms with Gasteiger partial charge < -0.3 is 15.2 Å². The number of aliphatic hydroxyl groups is 1. The van der Waals surface area contributed by atoms with Crippen LogP contribution in [-0.2, 0) is 13.2 Å². The molecule has 4 heteroatoms. The highest BCUT2D eigenvalue weighted by molar-refractivity contribution is 7.80. The van der Waals surface area contributed by atoms with Gasteiger partial charge in [0.1, 0.15) is 12.4 Å². The summed E-state index contributed by atoms with van der Waals surface area (Å²) in [5, 5.41) is 12.9. The van der Waals surface area contributed by atoms with Crippen molar-refractivity contribution >= 4 is 22.9 Å². The molecule has 0 aliphatic carbocycles.